The van der Waals surface area contributed by atoms with Gasteiger partial charge in [0.1, 0.15) is 18.1 Å². The number of methoxy groups -OCH3 is 2. The number of imidazole rings is 1. The molecule has 0 bridgehead atoms. The van der Waals surface area contributed by atoms with E-state index >= 15 is 0 Å². The van der Waals surface area contributed by atoms with E-state index in [2.05, 4.69) is 9.72 Å². The van der Waals surface area contributed by atoms with E-state index in [1.54, 1.807) is 24.1 Å². The van der Waals surface area contributed by atoms with Gasteiger partial charge in [0.25, 0.3) is 0 Å². The molecule has 0 aliphatic heterocycles. The second-order valence-electron chi connectivity index (χ2n) is 4.07. The van der Waals surface area contributed by atoms with Crippen LogP contribution in [0.25, 0.3) is 0 Å². The van der Waals surface area contributed by atoms with E-state index in [1.165, 1.54) is 7.11 Å². The Labute approximate surface area is 111 Å². The fourth-order valence-electron chi connectivity index (χ4n) is 1.78. The van der Waals surface area contributed by atoms with E-state index in [1.807, 2.05) is 24.3 Å². The summed E-state index contributed by atoms with van der Waals surface area (Å²) in [5.41, 5.74) is 1.11. The van der Waals surface area contributed by atoms with Gasteiger partial charge in [-0.15, -0.1) is 0 Å². The molecule has 0 N–H and O–H groups in total. The highest BCUT2D eigenvalue weighted by Gasteiger charge is 2.08. The molecular formula is C14H16N2O3. The molecule has 100 valence electrons. The van der Waals surface area contributed by atoms with Crippen molar-refractivity contribution in [1.29, 1.82) is 0 Å². The highest BCUT2D eigenvalue weighted by molar-refractivity contribution is 5.69. The largest absolute Gasteiger partial charge is 0.497 e. The number of benzene rings is 1. The molecule has 0 radical (unpaired) electrons. The molecule has 2 rings (SSSR count). The standard InChI is InChI=1S/C14H16N2O3/c1-18-12-5-3-11(4-6-12)9-13-15-7-8-16(13)10-14(17)19-2/h3-8H,9-10H2,1-2H3. The van der Waals surface area contributed by atoms with Gasteiger partial charge >= 0.3 is 5.97 Å². The summed E-state index contributed by atoms with van der Waals surface area (Å²) in [5.74, 6) is 1.37. The van der Waals surface area contributed by atoms with Crippen molar-refractivity contribution in [2.45, 2.75) is 13.0 Å². The van der Waals surface area contributed by atoms with Crippen molar-refractivity contribution < 1.29 is 14.3 Å². The summed E-state index contributed by atoms with van der Waals surface area (Å²) in [7, 11) is 3.01. The second-order valence-corrected chi connectivity index (χ2v) is 4.07. The average molecular weight is 260 g/mol. The molecule has 0 fully saturated rings. The Hall–Kier alpha value is -2.30. The minimum Gasteiger partial charge on any atom is -0.497 e. The Kier molecular flexibility index (Phi) is 4.18. The molecule has 1 heterocycles. The quantitative estimate of drug-likeness (QED) is 0.767. The van der Waals surface area contributed by atoms with E-state index < -0.39 is 0 Å². The van der Waals surface area contributed by atoms with Crippen LogP contribution in [0.1, 0.15) is 11.4 Å². The topological polar surface area (TPSA) is 53.4 Å². The van der Waals surface area contributed by atoms with Gasteiger partial charge in [-0.3, -0.25) is 4.79 Å². The van der Waals surface area contributed by atoms with Crippen LogP contribution in [-0.4, -0.2) is 29.7 Å². The molecule has 0 atom stereocenters. The summed E-state index contributed by atoms with van der Waals surface area (Å²) in [4.78, 5) is 15.5. The van der Waals surface area contributed by atoms with E-state index in [0.717, 1.165) is 17.1 Å². The molecular weight excluding hydrogens is 244 g/mol. The van der Waals surface area contributed by atoms with Crippen molar-refractivity contribution in [3.05, 3.63) is 48.0 Å². The lowest BCUT2D eigenvalue weighted by Gasteiger charge is -2.07. The van der Waals surface area contributed by atoms with Gasteiger partial charge < -0.3 is 14.0 Å². The highest BCUT2D eigenvalue weighted by atomic mass is 16.5. The minimum atomic E-state index is -0.283. The van der Waals surface area contributed by atoms with E-state index in [4.69, 9.17) is 4.74 Å². The van der Waals surface area contributed by atoms with Gasteiger partial charge in [0.2, 0.25) is 0 Å². The molecule has 0 unspecified atom stereocenters. The normalized spacial score (nSPS) is 10.2. The summed E-state index contributed by atoms with van der Waals surface area (Å²) in [6.07, 6.45) is 4.12. The number of rotatable bonds is 5. The molecule has 1 aromatic heterocycles. The lowest BCUT2D eigenvalue weighted by atomic mass is 10.1. The average Bonchev–Trinajstić information content (AvgIpc) is 2.86. The molecule has 0 aliphatic carbocycles. The molecule has 0 saturated carbocycles. The van der Waals surface area contributed by atoms with Crippen LogP contribution in [0.3, 0.4) is 0 Å². The number of esters is 1. The fraction of sp³-hybridized carbons (Fsp3) is 0.286. The Morgan fingerprint density at radius 3 is 2.63 bits per heavy atom. The van der Waals surface area contributed by atoms with Crippen LogP contribution in [0.15, 0.2) is 36.7 Å². The summed E-state index contributed by atoms with van der Waals surface area (Å²) < 4.78 is 11.6. The first-order chi connectivity index (χ1) is 9.22. The van der Waals surface area contributed by atoms with Crippen LogP contribution in [0.5, 0.6) is 5.75 Å². The van der Waals surface area contributed by atoms with Crippen molar-refractivity contribution in [3.8, 4) is 5.75 Å². The van der Waals surface area contributed by atoms with Gasteiger partial charge in [0.05, 0.1) is 14.2 Å². The third kappa shape index (κ3) is 3.34. The smallest absolute Gasteiger partial charge is 0.325 e. The first-order valence-corrected chi connectivity index (χ1v) is 5.92. The van der Waals surface area contributed by atoms with Crippen LogP contribution >= 0.6 is 0 Å². The summed E-state index contributed by atoms with van der Waals surface area (Å²) in [6.45, 7) is 0.183. The summed E-state index contributed by atoms with van der Waals surface area (Å²) >= 11 is 0. The van der Waals surface area contributed by atoms with Gasteiger partial charge in [-0.25, -0.2) is 4.98 Å². The number of aromatic nitrogens is 2. The van der Waals surface area contributed by atoms with Crippen LogP contribution in [0, 0.1) is 0 Å². The molecule has 0 amide bonds. The zero-order valence-corrected chi connectivity index (χ0v) is 11.0. The monoisotopic (exact) mass is 260 g/mol. The summed E-state index contributed by atoms with van der Waals surface area (Å²) in [6, 6.07) is 7.78. The number of carbonyl (C=O) groups excluding carboxylic acids is 1. The number of nitrogens with zero attached hydrogens (tertiary/aromatic N) is 2. The first-order valence-electron chi connectivity index (χ1n) is 5.92. The van der Waals surface area contributed by atoms with Crippen molar-refractivity contribution in [2.75, 3.05) is 14.2 Å². The zero-order chi connectivity index (χ0) is 13.7. The lowest BCUT2D eigenvalue weighted by molar-refractivity contribution is -0.141. The number of ether oxygens (including phenoxy) is 2. The third-order valence-corrected chi connectivity index (χ3v) is 2.85. The minimum absolute atomic E-state index is 0.183. The Morgan fingerprint density at radius 2 is 2.00 bits per heavy atom. The zero-order valence-electron chi connectivity index (χ0n) is 11.0. The molecule has 5 heteroatoms. The van der Waals surface area contributed by atoms with Crippen molar-refractivity contribution in [3.63, 3.8) is 0 Å². The molecule has 1 aromatic carbocycles. The summed E-state index contributed by atoms with van der Waals surface area (Å²) in [5, 5.41) is 0. The molecule has 0 spiro atoms. The second kappa shape index (κ2) is 6.04. The van der Waals surface area contributed by atoms with Crippen molar-refractivity contribution in [1.82, 2.24) is 9.55 Å². The Balaban J connectivity index is 2.10. The van der Waals surface area contributed by atoms with Crippen LogP contribution in [0.2, 0.25) is 0 Å². The molecule has 0 saturated heterocycles. The van der Waals surface area contributed by atoms with Gasteiger partial charge in [-0.1, -0.05) is 12.1 Å². The van der Waals surface area contributed by atoms with E-state index in [9.17, 15) is 4.79 Å². The maximum absolute atomic E-state index is 11.3. The maximum Gasteiger partial charge on any atom is 0.325 e. The molecule has 19 heavy (non-hydrogen) atoms. The highest BCUT2D eigenvalue weighted by Crippen LogP contribution is 2.14. The number of carbonyl (C=O) groups is 1. The predicted octanol–water partition coefficient (Wildman–Crippen LogP) is 1.66. The third-order valence-electron chi connectivity index (χ3n) is 2.85. The van der Waals surface area contributed by atoms with Crippen LogP contribution < -0.4 is 4.74 Å². The first kappa shape index (κ1) is 13.1. The van der Waals surface area contributed by atoms with Crippen LogP contribution in [-0.2, 0) is 22.5 Å². The van der Waals surface area contributed by atoms with Gasteiger partial charge in [0.15, 0.2) is 0 Å². The van der Waals surface area contributed by atoms with Crippen molar-refractivity contribution >= 4 is 5.97 Å². The molecule has 2 aromatic rings. The number of hydrogen-bond acceptors (Lipinski definition) is 4. The van der Waals surface area contributed by atoms with E-state index in [-0.39, 0.29) is 12.5 Å². The Morgan fingerprint density at radius 1 is 1.26 bits per heavy atom. The lowest BCUT2D eigenvalue weighted by Crippen LogP contribution is -2.13. The number of hydrogen-bond donors (Lipinski definition) is 0. The predicted molar refractivity (Wildman–Crippen MR) is 70.0 cm³/mol. The van der Waals surface area contributed by atoms with Crippen LogP contribution in [0.4, 0.5) is 0 Å². The van der Waals surface area contributed by atoms with Gasteiger partial charge in [0, 0.05) is 18.8 Å². The Bertz CT molecular complexity index is 546. The molecule has 5 nitrogen and oxygen atoms in total. The van der Waals surface area contributed by atoms with E-state index in [0.29, 0.717) is 6.42 Å². The maximum atomic E-state index is 11.3. The fourth-order valence-corrected chi connectivity index (χ4v) is 1.78. The van der Waals surface area contributed by atoms with Gasteiger partial charge in [-0.05, 0) is 17.7 Å². The molecule has 0 aliphatic rings. The van der Waals surface area contributed by atoms with Gasteiger partial charge in [-0.2, -0.15) is 0 Å². The van der Waals surface area contributed by atoms with Crippen molar-refractivity contribution in [2.24, 2.45) is 0 Å². The SMILES string of the molecule is COC(=O)Cn1ccnc1Cc1ccc(OC)cc1.